The van der Waals surface area contributed by atoms with Gasteiger partial charge in [0, 0.05) is 6.20 Å². The third-order valence-electron chi connectivity index (χ3n) is 4.52. The zero-order valence-corrected chi connectivity index (χ0v) is 16.2. The van der Waals surface area contributed by atoms with Crippen molar-refractivity contribution < 1.29 is 14.0 Å². The Morgan fingerprint density at radius 3 is 3.07 bits per heavy atom. The molecule has 0 saturated heterocycles. The van der Waals surface area contributed by atoms with Crippen LogP contribution in [0.1, 0.15) is 36.1 Å². The summed E-state index contributed by atoms with van der Waals surface area (Å²) in [6, 6.07) is 9.43. The molecule has 1 saturated carbocycles. The fourth-order valence-corrected chi connectivity index (χ4v) is 3.50. The Morgan fingerprint density at radius 2 is 2.21 bits per heavy atom. The maximum Gasteiger partial charge on any atom is 0.263 e. The number of benzene rings is 1. The second kappa shape index (κ2) is 7.96. The van der Waals surface area contributed by atoms with Gasteiger partial charge in [-0.3, -0.25) is 4.98 Å². The first-order valence-corrected chi connectivity index (χ1v) is 10.1. The van der Waals surface area contributed by atoms with E-state index in [9.17, 15) is 0 Å². The Labute approximate surface area is 170 Å². The number of oxime groups is 1. The predicted molar refractivity (Wildman–Crippen MR) is 107 cm³/mol. The van der Waals surface area contributed by atoms with Crippen LogP contribution >= 0.6 is 11.3 Å². The zero-order chi connectivity index (χ0) is 19.5. The Morgan fingerprint density at radius 1 is 1.24 bits per heavy atom. The fraction of sp³-hybridized carbons (Fsp3) is 0.250. The second-order valence-electron chi connectivity index (χ2n) is 6.74. The van der Waals surface area contributed by atoms with E-state index < -0.39 is 6.10 Å². The van der Waals surface area contributed by atoms with E-state index >= 15 is 0 Å². The van der Waals surface area contributed by atoms with Gasteiger partial charge < -0.3 is 14.0 Å². The molecule has 1 unspecified atom stereocenters. The molecule has 1 fully saturated rings. The molecule has 1 atom stereocenters. The zero-order valence-electron chi connectivity index (χ0n) is 15.3. The predicted octanol–water partition coefficient (Wildman–Crippen LogP) is 4.00. The Balaban J connectivity index is 1.39. The quantitative estimate of drug-likeness (QED) is 0.322. The average molecular weight is 407 g/mol. The Kier molecular flexibility index (Phi) is 4.87. The van der Waals surface area contributed by atoms with Gasteiger partial charge >= 0.3 is 0 Å². The highest BCUT2D eigenvalue weighted by atomic mass is 32.1. The van der Waals surface area contributed by atoms with Gasteiger partial charge in [0.1, 0.15) is 12.4 Å². The Hall–Kier alpha value is -3.33. The number of nitrogens with zero attached hydrogens (tertiary/aromatic N) is 5. The molecular weight excluding hydrogens is 390 g/mol. The van der Waals surface area contributed by atoms with Gasteiger partial charge in [0.25, 0.3) is 5.89 Å². The minimum absolute atomic E-state index is 0.320. The summed E-state index contributed by atoms with van der Waals surface area (Å²) in [5, 5.41) is 11.8. The molecule has 29 heavy (non-hydrogen) atoms. The summed E-state index contributed by atoms with van der Waals surface area (Å²) in [4.78, 5) is 14.1. The number of hydrogen-bond acceptors (Lipinski definition) is 9. The van der Waals surface area contributed by atoms with Crippen LogP contribution < -0.4 is 4.74 Å². The summed E-state index contributed by atoms with van der Waals surface area (Å²) in [7, 11) is 0. The molecule has 5 rings (SSSR count). The number of fused-ring (bicyclic) bond motifs is 1. The number of thiazole rings is 1. The van der Waals surface area contributed by atoms with Gasteiger partial charge in [-0.2, -0.15) is 0 Å². The Bertz CT molecular complexity index is 1120. The minimum atomic E-state index is -0.649. The van der Waals surface area contributed by atoms with Crippen LogP contribution in [-0.2, 0) is 4.84 Å². The summed E-state index contributed by atoms with van der Waals surface area (Å²) in [5.74, 6) is 1.64. The number of hydrogen-bond donors (Lipinski definition) is 0. The molecule has 3 heterocycles. The molecule has 9 heteroatoms. The number of ether oxygens (including phenoxy) is 1. The van der Waals surface area contributed by atoms with Gasteiger partial charge in [0.15, 0.2) is 0 Å². The van der Waals surface area contributed by atoms with Crippen molar-refractivity contribution in [2.24, 2.45) is 11.1 Å². The molecule has 1 aliphatic rings. The maximum absolute atomic E-state index is 6.19. The topological polar surface area (TPSA) is 95.5 Å². The maximum atomic E-state index is 6.19. The van der Waals surface area contributed by atoms with E-state index in [4.69, 9.17) is 14.0 Å². The van der Waals surface area contributed by atoms with Crippen LogP contribution in [0.5, 0.6) is 5.75 Å². The van der Waals surface area contributed by atoms with Crippen molar-refractivity contribution in [1.29, 1.82) is 0 Å². The van der Waals surface area contributed by atoms with Crippen LogP contribution in [0.3, 0.4) is 0 Å². The molecule has 0 bridgehead atoms. The molecule has 8 nitrogen and oxygen atoms in total. The molecule has 0 spiro atoms. The summed E-state index contributed by atoms with van der Waals surface area (Å²) < 4.78 is 12.6. The monoisotopic (exact) mass is 407 g/mol. The van der Waals surface area contributed by atoms with E-state index in [0.717, 1.165) is 15.8 Å². The molecule has 1 aromatic carbocycles. The molecular formula is C20H17N5O3S. The first kappa shape index (κ1) is 17.7. The van der Waals surface area contributed by atoms with Crippen LogP contribution in [0.15, 0.2) is 58.0 Å². The lowest BCUT2D eigenvalue weighted by Gasteiger charge is -2.15. The first-order chi connectivity index (χ1) is 14.3. The third-order valence-corrected chi connectivity index (χ3v) is 5.31. The van der Waals surface area contributed by atoms with Gasteiger partial charge in [-0.15, -0.1) is 21.5 Å². The van der Waals surface area contributed by atoms with Gasteiger partial charge in [0.2, 0.25) is 12.5 Å². The van der Waals surface area contributed by atoms with E-state index in [1.165, 1.54) is 19.2 Å². The molecule has 0 aliphatic heterocycles. The van der Waals surface area contributed by atoms with E-state index in [2.05, 4.69) is 25.3 Å². The standard InChI is InChI=1S/C20H17N5O3S/c1-2-13(1)10-27-24-9-14-5-6-21-17(7-14)19(20-25-23-11-26-20)28-15-3-4-16-18(8-15)29-12-22-16/h3-9,11-13,19H,1-2,10H2/b24-9+. The third kappa shape index (κ3) is 4.24. The average Bonchev–Trinajstić information content (AvgIpc) is 3.21. The van der Waals surface area contributed by atoms with Crippen molar-refractivity contribution in [2.75, 3.05) is 6.61 Å². The normalized spacial score (nSPS) is 15.0. The van der Waals surface area contributed by atoms with Gasteiger partial charge in [-0.25, -0.2) is 4.98 Å². The van der Waals surface area contributed by atoms with Crippen LogP contribution in [0, 0.1) is 5.92 Å². The lowest BCUT2D eigenvalue weighted by atomic mass is 10.1. The highest BCUT2D eigenvalue weighted by Gasteiger charge is 2.24. The highest BCUT2D eigenvalue weighted by Crippen LogP contribution is 2.30. The number of aromatic nitrogens is 4. The van der Waals surface area contributed by atoms with Gasteiger partial charge in [-0.05, 0) is 54.7 Å². The number of rotatable bonds is 8. The van der Waals surface area contributed by atoms with Crippen LogP contribution in [-0.4, -0.2) is 33.0 Å². The fourth-order valence-electron chi connectivity index (χ4n) is 2.80. The van der Waals surface area contributed by atoms with Gasteiger partial charge in [0.05, 0.1) is 27.6 Å². The molecule has 1 aliphatic carbocycles. The van der Waals surface area contributed by atoms with Crippen LogP contribution in [0.25, 0.3) is 10.2 Å². The molecule has 0 amide bonds. The van der Waals surface area contributed by atoms with Crippen molar-refractivity contribution in [3.05, 3.63) is 65.6 Å². The lowest BCUT2D eigenvalue weighted by Crippen LogP contribution is -2.12. The van der Waals surface area contributed by atoms with Crippen molar-refractivity contribution in [1.82, 2.24) is 20.2 Å². The van der Waals surface area contributed by atoms with E-state index in [-0.39, 0.29) is 0 Å². The van der Waals surface area contributed by atoms with Crippen molar-refractivity contribution in [3.63, 3.8) is 0 Å². The highest BCUT2D eigenvalue weighted by molar-refractivity contribution is 7.16. The van der Waals surface area contributed by atoms with Gasteiger partial charge in [-0.1, -0.05) is 5.16 Å². The van der Waals surface area contributed by atoms with Crippen LogP contribution in [0.4, 0.5) is 0 Å². The molecule has 4 aromatic rings. The minimum Gasteiger partial charge on any atom is -0.474 e. The molecule has 0 radical (unpaired) electrons. The second-order valence-corrected chi connectivity index (χ2v) is 7.63. The SMILES string of the molecule is C(=N\OCC1CC1)/c1ccnc(C(Oc2ccc3ncsc3c2)c2nnco2)c1. The van der Waals surface area contributed by atoms with Crippen molar-refractivity contribution in [3.8, 4) is 5.75 Å². The van der Waals surface area contributed by atoms with Crippen molar-refractivity contribution in [2.45, 2.75) is 18.9 Å². The first-order valence-electron chi connectivity index (χ1n) is 9.22. The van der Waals surface area contributed by atoms with Crippen LogP contribution in [0.2, 0.25) is 0 Å². The molecule has 3 aromatic heterocycles. The van der Waals surface area contributed by atoms with E-state index in [0.29, 0.717) is 29.9 Å². The summed E-state index contributed by atoms with van der Waals surface area (Å²) >= 11 is 1.55. The number of pyridine rings is 1. The largest absolute Gasteiger partial charge is 0.474 e. The molecule has 146 valence electrons. The summed E-state index contributed by atoms with van der Waals surface area (Å²) in [6.07, 6.45) is 6.44. The molecule has 0 N–H and O–H groups in total. The summed E-state index contributed by atoms with van der Waals surface area (Å²) in [5.41, 5.74) is 4.21. The van der Waals surface area contributed by atoms with E-state index in [1.807, 2.05) is 30.3 Å². The smallest absolute Gasteiger partial charge is 0.263 e. The van der Waals surface area contributed by atoms with E-state index in [1.54, 1.807) is 29.3 Å². The summed E-state index contributed by atoms with van der Waals surface area (Å²) in [6.45, 7) is 0.669. The lowest BCUT2D eigenvalue weighted by molar-refractivity contribution is 0.135. The van der Waals surface area contributed by atoms with Crippen molar-refractivity contribution >= 4 is 27.8 Å².